The molecule has 21 heavy (non-hydrogen) atoms. The summed E-state index contributed by atoms with van der Waals surface area (Å²) in [5.74, 6) is 1.07. The summed E-state index contributed by atoms with van der Waals surface area (Å²) in [6.07, 6.45) is 0. The molecule has 1 saturated heterocycles. The number of hydrogen-bond acceptors (Lipinski definition) is 4. The van der Waals surface area contributed by atoms with Crippen LogP contribution in [0.5, 0.6) is 0 Å². The van der Waals surface area contributed by atoms with Gasteiger partial charge in [0.2, 0.25) is 5.91 Å². The summed E-state index contributed by atoms with van der Waals surface area (Å²) in [6, 6.07) is 3.62. The minimum absolute atomic E-state index is 0.0183. The lowest BCUT2D eigenvalue weighted by Crippen LogP contribution is -2.43. The van der Waals surface area contributed by atoms with Crippen molar-refractivity contribution in [2.24, 2.45) is 0 Å². The molecule has 0 aliphatic carbocycles. The Balaban J connectivity index is 1.95. The van der Waals surface area contributed by atoms with E-state index in [1.54, 1.807) is 7.05 Å². The van der Waals surface area contributed by atoms with Crippen LogP contribution < -0.4 is 15.5 Å². The van der Waals surface area contributed by atoms with Gasteiger partial charge in [-0.3, -0.25) is 4.79 Å². The molecule has 0 saturated carbocycles. The number of likely N-dealkylation sites (N-methyl/N-ethyl adjacent to an activating group) is 1. The van der Waals surface area contributed by atoms with E-state index in [1.165, 1.54) is 0 Å². The molecule has 6 heteroatoms. The molecular weight excluding hydrogens is 306 g/mol. The Labute approximate surface area is 134 Å². The predicted molar refractivity (Wildman–Crippen MR) is 90.6 cm³/mol. The van der Waals surface area contributed by atoms with E-state index in [9.17, 15) is 4.79 Å². The minimum Gasteiger partial charge on any atom is -0.368 e. The summed E-state index contributed by atoms with van der Waals surface area (Å²) in [7, 11) is 1.78. The number of nitrogens with zero attached hydrogens (tertiary/aromatic N) is 1. The maximum atomic E-state index is 11.9. The zero-order valence-electron chi connectivity index (χ0n) is 12.5. The molecule has 0 radical (unpaired) electrons. The normalized spacial score (nSPS) is 23.9. The number of benzene rings is 1. The second-order valence-corrected chi connectivity index (χ2v) is 8.34. The van der Waals surface area contributed by atoms with Gasteiger partial charge in [0, 0.05) is 34.8 Å². The molecule has 1 unspecified atom stereocenters. The molecule has 2 heterocycles. The number of carbonyl (C=O) groups is 1. The molecule has 4 nitrogen and oxygen atoms in total. The largest absolute Gasteiger partial charge is 0.368 e. The van der Waals surface area contributed by atoms with Gasteiger partial charge in [-0.05, 0) is 33.0 Å². The molecular formula is C15H20ClN3OS. The van der Waals surface area contributed by atoms with E-state index >= 15 is 0 Å². The highest BCUT2D eigenvalue weighted by Gasteiger charge is 2.33. The average Bonchev–Trinajstić information content (AvgIpc) is 2.71. The van der Waals surface area contributed by atoms with Crippen LogP contribution in [0.4, 0.5) is 11.4 Å². The molecule has 0 aromatic heterocycles. The second-order valence-electron chi connectivity index (χ2n) is 6.13. The highest BCUT2D eigenvalue weighted by molar-refractivity contribution is 8.00. The summed E-state index contributed by atoms with van der Waals surface area (Å²) < 4.78 is 0.220. The van der Waals surface area contributed by atoms with Crippen molar-refractivity contribution in [2.75, 3.05) is 36.1 Å². The number of anilines is 2. The summed E-state index contributed by atoms with van der Waals surface area (Å²) in [5.41, 5.74) is 2.82. The molecule has 2 aliphatic heterocycles. The van der Waals surface area contributed by atoms with Crippen LogP contribution in [-0.2, 0) is 4.79 Å². The fourth-order valence-electron chi connectivity index (χ4n) is 3.02. The van der Waals surface area contributed by atoms with Gasteiger partial charge >= 0.3 is 0 Å². The SMILES string of the molecule is CNC1C(=O)Nc2cc(N3CCSC(C)(C)C3)c(Cl)cc21. The van der Waals surface area contributed by atoms with E-state index in [4.69, 9.17) is 11.6 Å². The zero-order valence-corrected chi connectivity index (χ0v) is 14.1. The van der Waals surface area contributed by atoms with Gasteiger partial charge < -0.3 is 15.5 Å². The standard InChI is InChI=1S/C15H20ClN3OS/c1-15(2)8-19(4-5-21-15)12-7-11-9(6-10(12)16)13(17-3)14(20)18-11/h6-7,13,17H,4-5,8H2,1-3H3,(H,18,20). The van der Waals surface area contributed by atoms with Crippen LogP contribution in [0.1, 0.15) is 25.5 Å². The van der Waals surface area contributed by atoms with Crippen molar-refractivity contribution in [3.05, 3.63) is 22.7 Å². The number of amides is 1. The lowest BCUT2D eigenvalue weighted by Gasteiger charge is -2.39. The van der Waals surface area contributed by atoms with Crippen LogP contribution in [0.3, 0.4) is 0 Å². The topological polar surface area (TPSA) is 44.4 Å². The van der Waals surface area contributed by atoms with E-state index in [-0.39, 0.29) is 16.7 Å². The van der Waals surface area contributed by atoms with Gasteiger partial charge in [0.15, 0.2) is 0 Å². The summed E-state index contributed by atoms with van der Waals surface area (Å²) in [5, 5.41) is 6.67. The smallest absolute Gasteiger partial charge is 0.246 e. The second kappa shape index (κ2) is 5.38. The van der Waals surface area contributed by atoms with Gasteiger partial charge in [-0.2, -0.15) is 11.8 Å². The molecule has 2 aliphatic rings. The Bertz CT molecular complexity index is 591. The molecule has 1 amide bonds. The van der Waals surface area contributed by atoms with Crippen LogP contribution in [0.2, 0.25) is 5.02 Å². The number of nitrogens with one attached hydrogen (secondary N) is 2. The molecule has 114 valence electrons. The first-order chi connectivity index (χ1) is 9.91. The lowest BCUT2D eigenvalue weighted by atomic mass is 10.1. The van der Waals surface area contributed by atoms with Gasteiger partial charge in [-0.1, -0.05) is 11.6 Å². The highest BCUT2D eigenvalue weighted by atomic mass is 35.5. The summed E-state index contributed by atoms with van der Waals surface area (Å²) >= 11 is 8.48. The van der Waals surface area contributed by atoms with Gasteiger partial charge in [0.05, 0.1) is 10.7 Å². The Morgan fingerprint density at radius 2 is 2.24 bits per heavy atom. The lowest BCUT2D eigenvalue weighted by molar-refractivity contribution is -0.117. The predicted octanol–water partition coefficient (Wildman–Crippen LogP) is 2.88. The third-order valence-electron chi connectivity index (χ3n) is 4.01. The number of fused-ring (bicyclic) bond motifs is 1. The van der Waals surface area contributed by atoms with Crippen molar-refractivity contribution in [2.45, 2.75) is 24.6 Å². The molecule has 1 aromatic rings. The van der Waals surface area contributed by atoms with Crippen LogP contribution in [-0.4, -0.2) is 36.5 Å². The Hall–Kier alpha value is -0.910. The Kier molecular flexibility index (Phi) is 3.84. The first-order valence-corrected chi connectivity index (χ1v) is 8.48. The third-order valence-corrected chi connectivity index (χ3v) is 5.61. The monoisotopic (exact) mass is 325 g/mol. The van der Waals surface area contributed by atoms with Crippen molar-refractivity contribution < 1.29 is 4.79 Å². The van der Waals surface area contributed by atoms with Gasteiger partial charge in [0.25, 0.3) is 0 Å². The molecule has 3 rings (SSSR count). The van der Waals surface area contributed by atoms with Crippen LogP contribution in [0.25, 0.3) is 0 Å². The Morgan fingerprint density at radius 3 is 2.90 bits per heavy atom. The van der Waals surface area contributed by atoms with Crippen LogP contribution >= 0.6 is 23.4 Å². The van der Waals surface area contributed by atoms with Crippen molar-refractivity contribution in [3.8, 4) is 0 Å². The highest BCUT2D eigenvalue weighted by Crippen LogP contribution is 2.41. The number of hydrogen-bond donors (Lipinski definition) is 2. The Morgan fingerprint density at radius 1 is 1.48 bits per heavy atom. The van der Waals surface area contributed by atoms with Crippen molar-refractivity contribution in [1.29, 1.82) is 0 Å². The number of rotatable bonds is 2. The number of halogens is 1. The van der Waals surface area contributed by atoms with E-state index < -0.39 is 0 Å². The third kappa shape index (κ3) is 2.74. The summed E-state index contributed by atoms with van der Waals surface area (Å²) in [4.78, 5) is 14.2. The molecule has 1 aromatic carbocycles. The quantitative estimate of drug-likeness (QED) is 0.877. The van der Waals surface area contributed by atoms with Crippen molar-refractivity contribution in [1.82, 2.24) is 5.32 Å². The molecule has 0 bridgehead atoms. The molecule has 1 atom stereocenters. The van der Waals surface area contributed by atoms with E-state index in [1.807, 2.05) is 23.9 Å². The van der Waals surface area contributed by atoms with Crippen LogP contribution in [0, 0.1) is 0 Å². The molecule has 1 fully saturated rings. The van der Waals surface area contributed by atoms with Crippen molar-refractivity contribution in [3.63, 3.8) is 0 Å². The van der Waals surface area contributed by atoms with Crippen molar-refractivity contribution >= 4 is 40.6 Å². The first kappa shape index (κ1) is 15.0. The van der Waals surface area contributed by atoms with Gasteiger partial charge in [-0.15, -0.1) is 0 Å². The van der Waals surface area contributed by atoms with E-state index in [0.717, 1.165) is 35.8 Å². The van der Waals surface area contributed by atoms with Gasteiger partial charge in [-0.25, -0.2) is 0 Å². The number of thioether (sulfide) groups is 1. The first-order valence-electron chi connectivity index (χ1n) is 7.12. The zero-order chi connectivity index (χ0) is 15.2. The summed E-state index contributed by atoms with van der Waals surface area (Å²) in [6.45, 7) is 6.45. The van der Waals surface area contributed by atoms with Crippen LogP contribution in [0.15, 0.2) is 12.1 Å². The molecule has 2 N–H and O–H groups in total. The van der Waals surface area contributed by atoms with E-state index in [0.29, 0.717) is 5.02 Å². The minimum atomic E-state index is -0.306. The van der Waals surface area contributed by atoms with Gasteiger partial charge in [0.1, 0.15) is 6.04 Å². The number of carbonyl (C=O) groups excluding carboxylic acids is 1. The maximum absolute atomic E-state index is 11.9. The fraction of sp³-hybridized carbons (Fsp3) is 0.533. The average molecular weight is 326 g/mol. The van der Waals surface area contributed by atoms with E-state index in [2.05, 4.69) is 29.4 Å². The maximum Gasteiger partial charge on any atom is 0.246 e. The fourth-order valence-corrected chi connectivity index (χ4v) is 4.42. The molecule has 0 spiro atoms.